The highest BCUT2D eigenvalue weighted by Crippen LogP contribution is 2.39. The van der Waals surface area contributed by atoms with Crippen molar-refractivity contribution >= 4 is 11.9 Å². The molecule has 2 aromatic rings. The van der Waals surface area contributed by atoms with Gasteiger partial charge in [-0.3, -0.25) is 4.79 Å². The molecule has 1 heterocycles. The van der Waals surface area contributed by atoms with Gasteiger partial charge < -0.3 is 24.6 Å². The molecule has 0 spiro atoms. The van der Waals surface area contributed by atoms with Crippen LogP contribution in [-0.2, 0) is 4.79 Å². The minimum absolute atomic E-state index is 0.194. The van der Waals surface area contributed by atoms with Gasteiger partial charge in [-0.15, -0.1) is 0 Å². The molecule has 0 fully saturated rings. The topological polar surface area (TPSA) is 94.1 Å². The Hall–Kier alpha value is -3.22. The van der Waals surface area contributed by atoms with Crippen molar-refractivity contribution < 1.29 is 28.9 Å². The van der Waals surface area contributed by atoms with Crippen LogP contribution < -0.4 is 19.5 Å². The van der Waals surface area contributed by atoms with Crippen molar-refractivity contribution in [1.82, 2.24) is 5.32 Å². The molecule has 1 atom stereocenters. The zero-order chi connectivity index (χ0) is 21.0. The molecule has 154 valence electrons. The van der Waals surface area contributed by atoms with E-state index in [0.717, 1.165) is 11.3 Å². The molecule has 1 amide bonds. The molecular weight excluding hydrogens is 374 g/mol. The highest BCUT2D eigenvalue weighted by atomic mass is 16.5. The van der Waals surface area contributed by atoms with Gasteiger partial charge in [0.2, 0.25) is 0 Å². The maximum absolute atomic E-state index is 12.9. The van der Waals surface area contributed by atoms with Crippen molar-refractivity contribution in [3.63, 3.8) is 0 Å². The number of rotatable bonds is 7. The van der Waals surface area contributed by atoms with Gasteiger partial charge >= 0.3 is 5.97 Å². The molecule has 1 unspecified atom stereocenters. The van der Waals surface area contributed by atoms with Crippen molar-refractivity contribution in [2.45, 2.75) is 38.8 Å². The largest absolute Gasteiger partial charge is 0.490 e. The molecule has 0 aromatic heterocycles. The fraction of sp³-hybridized carbons (Fsp3) is 0.364. The number of carbonyl (C=O) groups is 2. The highest BCUT2D eigenvalue weighted by Gasteiger charge is 2.34. The fourth-order valence-electron chi connectivity index (χ4n) is 3.35. The summed E-state index contributed by atoms with van der Waals surface area (Å²) in [5.41, 5.74) is 0.932. The molecule has 3 rings (SSSR count). The van der Waals surface area contributed by atoms with E-state index >= 15 is 0 Å². The molecular formula is C22H25NO6. The molecule has 1 aliphatic heterocycles. The predicted octanol–water partition coefficient (Wildman–Crippen LogP) is 3.58. The second-order valence-electron chi connectivity index (χ2n) is 7.41. The smallest absolute Gasteiger partial charge is 0.341 e. The third kappa shape index (κ3) is 4.99. The average molecular weight is 399 g/mol. The summed E-state index contributed by atoms with van der Waals surface area (Å²) in [5.74, 6) is 0.0298. The number of benzene rings is 2. The molecule has 0 bridgehead atoms. The van der Waals surface area contributed by atoms with Crippen LogP contribution in [0, 0.1) is 0 Å². The summed E-state index contributed by atoms with van der Waals surface area (Å²) in [5, 5.41) is 11.9. The lowest BCUT2D eigenvalue weighted by molar-refractivity contribution is -0.139. The van der Waals surface area contributed by atoms with Crippen LogP contribution in [0.2, 0.25) is 0 Å². The number of carbonyl (C=O) groups excluding carboxylic acids is 1. The molecule has 0 radical (unpaired) electrons. The van der Waals surface area contributed by atoms with Crippen molar-refractivity contribution in [3.8, 4) is 17.2 Å². The number of fused-ring (bicyclic) bond motifs is 1. The van der Waals surface area contributed by atoms with Gasteiger partial charge in [-0.25, -0.2) is 4.79 Å². The number of hydrogen-bond acceptors (Lipinski definition) is 5. The Labute approximate surface area is 169 Å². The summed E-state index contributed by atoms with van der Waals surface area (Å²) in [6, 6.07) is 12.2. The Morgan fingerprint density at radius 2 is 1.93 bits per heavy atom. The summed E-state index contributed by atoms with van der Waals surface area (Å²) >= 11 is 0. The van der Waals surface area contributed by atoms with Crippen LogP contribution in [0.25, 0.3) is 0 Å². The number of aliphatic carboxylic acids is 1. The Morgan fingerprint density at radius 3 is 2.66 bits per heavy atom. The maximum Gasteiger partial charge on any atom is 0.341 e. The molecule has 2 aromatic carbocycles. The first-order valence-electron chi connectivity index (χ1n) is 9.49. The van der Waals surface area contributed by atoms with E-state index < -0.39 is 18.2 Å². The lowest BCUT2D eigenvalue weighted by Crippen LogP contribution is -2.41. The minimum Gasteiger partial charge on any atom is -0.490 e. The summed E-state index contributed by atoms with van der Waals surface area (Å²) < 4.78 is 16.8. The van der Waals surface area contributed by atoms with Gasteiger partial charge in [0.05, 0.1) is 12.6 Å². The number of ether oxygens (including phenoxy) is 3. The van der Waals surface area contributed by atoms with Gasteiger partial charge in [-0.2, -0.15) is 0 Å². The van der Waals surface area contributed by atoms with Gasteiger partial charge in [-0.05, 0) is 45.0 Å². The van der Waals surface area contributed by atoms with Crippen LogP contribution in [0.1, 0.15) is 49.2 Å². The Balaban J connectivity index is 1.81. The zero-order valence-electron chi connectivity index (χ0n) is 16.7. The number of amides is 1. The predicted molar refractivity (Wildman–Crippen MR) is 107 cm³/mol. The van der Waals surface area contributed by atoms with Crippen LogP contribution in [0.5, 0.6) is 17.2 Å². The second-order valence-corrected chi connectivity index (χ2v) is 7.41. The van der Waals surface area contributed by atoms with Crippen LogP contribution in [0.4, 0.5) is 0 Å². The maximum atomic E-state index is 12.9. The molecule has 2 N–H and O–H groups in total. The fourth-order valence-corrected chi connectivity index (χ4v) is 3.35. The highest BCUT2D eigenvalue weighted by molar-refractivity contribution is 5.95. The standard InChI is InChI=1S/C22H25NO6/c1-4-27-19-11-14(9-10-18(19)28-13-20(24)25)21(26)23-16-12-22(2,3)29-17-8-6-5-7-15(16)17/h5-11,16H,4,12-13H2,1-3H3,(H,23,26)(H,24,25). The zero-order valence-corrected chi connectivity index (χ0v) is 16.7. The van der Waals surface area contributed by atoms with E-state index in [4.69, 9.17) is 19.3 Å². The van der Waals surface area contributed by atoms with E-state index in [1.54, 1.807) is 25.1 Å². The van der Waals surface area contributed by atoms with Crippen molar-refractivity contribution in [1.29, 1.82) is 0 Å². The lowest BCUT2D eigenvalue weighted by Gasteiger charge is -2.37. The SMILES string of the molecule is CCOc1cc(C(=O)NC2CC(C)(C)Oc3ccccc32)ccc1OCC(=O)O. The van der Waals surface area contributed by atoms with E-state index in [1.807, 2.05) is 38.1 Å². The second kappa shape index (κ2) is 8.43. The number of hydrogen-bond donors (Lipinski definition) is 2. The quantitative estimate of drug-likeness (QED) is 0.739. The summed E-state index contributed by atoms with van der Waals surface area (Å²) in [7, 11) is 0. The van der Waals surface area contributed by atoms with E-state index in [-0.39, 0.29) is 17.7 Å². The van der Waals surface area contributed by atoms with Crippen LogP contribution >= 0.6 is 0 Å². The van der Waals surface area contributed by atoms with Crippen molar-refractivity contribution in [3.05, 3.63) is 53.6 Å². The van der Waals surface area contributed by atoms with E-state index in [9.17, 15) is 9.59 Å². The average Bonchev–Trinajstić information content (AvgIpc) is 2.66. The third-order valence-electron chi connectivity index (χ3n) is 4.54. The van der Waals surface area contributed by atoms with Crippen LogP contribution in [-0.4, -0.2) is 35.8 Å². The minimum atomic E-state index is -1.09. The summed E-state index contributed by atoms with van der Waals surface area (Å²) in [4.78, 5) is 23.7. The van der Waals surface area contributed by atoms with E-state index in [0.29, 0.717) is 24.3 Å². The third-order valence-corrected chi connectivity index (χ3v) is 4.54. The van der Waals surface area contributed by atoms with E-state index in [2.05, 4.69) is 5.32 Å². The molecule has 1 aliphatic rings. The molecule has 7 nitrogen and oxygen atoms in total. The van der Waals surface area contributed by atoms with Gasteiger partial charge in [0.25, 0.3) is 5.91 Å². The summed E-state index contributed by atoms with van der Waals surface area (Å²) in [6.45, 7) is 5.65. The monoisotopic (exact) mass is 399 g/mol. The van der Waals surface area contributed by atoms with E-state index in [1.165, 1.54) is 0 Å². The molecule has 0 aliphatic carbocycles. The normalized spacial score (nSPS) is 16.9. The Bertz CT molecular complexity index is 908. The first-order valence-corrected chi connectivity index (χ1v) is 9.49. The molecule has 7 heteroatoms. The van der Waals surface area contributed by atoms with Crippen molar-refractivity contribution in [2.75, 3.05) is 13.2 Å². The van der Waals surface area contributed by atoms with Gasteiger partial charge in [0.1, 0.15) is 11.4 Å². The molecule has 0 saturated carbocycles. The Kier molecular flexibility index (Phi) is 5.96. The van der Waals surface area contributed by atoms with Gasteiger partial charge in [0, 0.05) is 17.5 Å². The van der Waals surface area contributed by atoms with Gasteiger partial charge in [-0.1, -0.05) is 18.2 Å². The number of carboxylic acids is 1. The lowest BCUT2D eigenvalue weighted by atomic mass is 9.89. The van der Waals surface area contributed by atoms with Crippen LogP contribution in [0.15, 0.2) is 42.5 Å². The summed E-state index contributed by atoms with van der Waals surface area (Å²) in [6.07, 6.45) is 0.633. The van der Waals surface area contributed by atoms with Crippen LogP contribution in [0.3, 0.4) is 0 Å². The molecule has 0 saturated heterocycles. The van der Waals surface area contributed by atoms with Crippen molar-refractivity contribution in [2.24, 2.45) is 0 Å². The number of para-hydroxylation sites is 1. The first-order chi connectivity index (χ1) is 13.8. The number of nitrogens with one attached hydrogen (secondary N) is 1. The molecule has 29 heavy (non-hydrogen) atoms. The van der Waals surface area contributed by atoms with Gasteiger partial charge in [0.15, 0.2) is 18.1 Å². The number of carboxylic acid groups (broad SMARTS) is 1. The first kappa shape index (κ1) is 20.5. The Morgan fingerprint density at radius 1 is 1.17 bits per heavy atom.